The number of carbonyl (C=O) groups excluding carboxylic acids is 2. The molecule has 1 aromatic carbocycles. The molecule has 8 heteroatoms. The number of aromatic nitrogens is 2. The molecule has 28 heavy (non-hydrogen) atoms. The van der Waals surface area contributed by atoms with Gasteiger partial charge in [0.15, 0.2) is 5.82 Å². The smallest absolute Gasteiger partial charge is 0.315 e. The molecule has 3 N–H and O–H groups in total. The summed E-state index contributed by atoms with van der Waals surface area (Å²) < 4.78 is 15.0. The van der Waals surface area contributed by atoms with E-state index in [9.17, 15) is 14.0 Å². The quantitative estimate of drug-likeness (QED) is 0.771. The van der Waals surface area contributed by atoms with Gasteiger partial charge in [0.2, 0.25) is 0 Å². The molecule has 0 spiro atoms. The van der Waals surface area contributed by atoms with E-state index in [4.69, 9.17) is 5.73 Å². The molecule has 2 amide bonds. The third-order valence-corrected chi connectivity index (χ3v) is 5.49. The third kappa shape index (κ3) is 3.64. The summed E-state index contributed by atoms with van der Waals surface area (Å²) in [5, 5.41) is 7.21. The maximum atomic E-state index is 13.2. The molecule has 2 heterocycles. The van der Waals surface area contributed by atoms with Gasteiger partial charge in [-0.3, -0.25) is 9.59 Å². The van der Waals surface area contributed by atoms with Crippen LogP contribution in [0.4, 0.5) is 10.2 Å². The number of nitrogens with one attached hydrogen (secondary N) is 1. The number of benzene rings is 1. The number of nitrogens with two attached hydrogens (primary N) is 1. The Bertz CT molecular complexity index is 893. The van der Waals surface area contributed by atoms with E-state index < -0.39 is 11.8 Å². The van der Waals surface area contributed by atoms with Gasteiger partial charge in [0.05, 0.1) is 5.69 Å². The number of amides is 2. The molecular formula is C20H24FN5O2. The van der Waals surface area contributed by atoms with Gasteiger partial charge in [-0.2, -0.15) is 0 Å². The highest BCUT2D eigenvalue weighted by molar-refractivity contribution is 6.39. The summed E-state index contributed by atoms with van der Waals surface area (Å²) in [5.74, 6) is -1.11. The Morgan fingerprint density at radius 2 is 1.89 bits per heavy atom. The molecule has 1 unspecified atom stereocenters. The van der Waals surface area contributed by atoms with Crippen molar-refractivity contribution in [3.63, 3.8) is 0 Å². The highest BCUT2D eigenvalue weighted by atomic mass is 19.1. The van der Waals surface area contributed by atoms with Gasteiger partial charge in [0.1, 0.15) is 5.82 Å². The van der Waals surface area contributed by atoms with E-state index in [-0.39, 0.29) is 11.9 Å². The van der Waals surface area contributed by atoms with Crippen LogP contribution >= 0.6 is 0 Å². The van der Waals surface area contributed by atoms with Crippen molar-refractivity contribution in [1.29, 1.82) is 0 Å². The van der Waals surface area contributed by atoms with E-state index in [2.05, 4.69) is 10.4 Å². The van der Waals surface area contributed by atoms with Crippen molar-refractivity contribution in [1.82, 2.24) is 14.7 Å². The Morgan fingerprint density at radius 3 is 2.68 bits per heavy atom. The summed E-state index contributed by atoms with van der Waals surface area (Å²) in [6.07, 6.45) is 4.94. The Kier molecular flexibility index (Phi) is 5.13. The maximum absolute atomic E-state index is 13.2. The predicted octanol–water partition coefficient (Wildman–Crippen LogP) is 1.78. The number of hydrogen-bond donors (Lipinski definition) is 2. The van der Waals surface area contributed by atoms with Gasteiger partial charge in [-0.05, 0) is 62.8 Å². The Balaban J connectivity index is 1.53. The molecule has 2 aliphatic rings. The van der Waals surface area contributed by atoms with Crippen LogP contribution in [0, 0.1) is 5.82 Å². The minimum atomic E-state index is -0.672. The van der Waals surface area contributed by atoms with E-state index >= 15 is 0 Å². The summed E-state index contributed by atoms with van der Waals surface area (Å²) in [4.78, 5) is 26.7. The lowest BCUT2D eigenvalue weighted by Crippen LogP contribution is -2.40. The number of nitrogens with zero attached hydrogens (tertiary/aromatic N) is 3. The SMILES string of the molecule is NC1CCCN(C(=O)C(=O)Nc2nn(-c3ccc(F)cc3)c3c2CCC3)CC1. The van der Waals surface area contributed by atoms with Crippen LogP contribution in [0.15, 0.2) is 24.3 Å². The number of likely N-dealkylation sites (tertiary alicyclic amines) is 1. The Morgan fingerprint density at radius 1 is 1.11 bits per heavy atom. The number of halogens is 1. The minimum absolute atomic E-state index is 0.0792. The molecule has 0 saturated carbocycles. The van der Waals surface area contributed by atoms with Crippen LogP contribution in [0.1, 0.15) is 36.9 Å². The molecule has 1 aliphatic carbocycles. The van der Waals surface area contributed by atoms with Crippen molar-refractivity contribution >= 4 is 17.6 Å². The molecule has 2 aromatic rings. The van der Waals surface area contributed by atoms with Crippen LogP contribution in [0.2, 0.25) is 0 Å². The molecule has 4 rings (SSSR count). The van der Waals surface area contributed by atoms with Crippen LogP contribution in [-0.4, -0.2) is 45.6 Å². The fourth-order valence-electron chi connectivity index (χ4n) is 3.96. The van der Waals surface area contributed by atoms with Gasteiger partial charge in [-0.1, -0.05) is 0 Å². The minimum Gasteiger partial charge on any atom is -0.334 e. The lowest BCUT2D eigenvalue weighted by atomic mass is 10.1. The number of hydrogen-bond acceptors (Lipinski definition) is 4. The third-order valence-electron chi connectivity index (χ3n) is 5.49. The molecule has 1 aromatic heterocycles. The fraction of sp³-hybridized carbons (Fsp3) is 0.450. The number of rotatable bonds is 2. The van der Waals surface area contributed by atoms with Crippen LogP contribution < -0.4 is 11.1 Å². The molecular weight excluding hydrogens is 361 g/mol. The Labute approximate surface area is 162 Å². The van der Waals surface area contributed by atoms with Gasteiger partial charge in [-0.25, -0.2) is 9.07 Å². The van der Waals surface area contributed by atoms with Crippen molar-refractivity contribution < 1.29 is 14.0 Å². The number of anilines is 1. The van der Waals surface area contributed by atoms with Gasteiger partial charge in [0.25, 0.3) is 0 Å². The zero-order chi connectivity index (χ0) is 19.7. The van der Waals surface area contributed by atoms with Crippen LogP contribution in [0.3, 0.4) is 0 Å². The average Bonchev–Trinajstić information content (AvgIpc) is 3.22. The Hall–Kier alpha value is -2.74. The monoisotopic (exact) mass is 385 g/mol. The highest BCUT2D eigenvalue weighted by Crippen LogP contribution is 2.31. The first kappa shape index (κ1) is 18.6. The zero-order valence-corrected chi connectivity index (χ0v) is 15.7. The summed E-state index contributed by atoms with van der Waals surface area (Å²) in [7, 11) is 0. The predicted molar refractivity (Wildman–Crippen MR) is 103 cm³/mol. The molecule has 0 radical (unpaired) electrons. The zero-order valence-electron chi connectivity index (χ0n) is 15.7. The summed E-state index contributed by atoms with van der Waals surface area (Å²) >= 11 is 0. The first-order chi connectivity index (χ1) is 13.5. The summed E-state index contributed by atoms with van der Waals surface area (Å²) in [5.41, 5.74) is 8.62. The molecule has 1 atom stereocenters. The standard InChI is InChI=1S/C20H24FN5O2/c21-13-6-8-15(9-7-13)26-17-5-1-4-16(17)18(24-26)23-19(27)20(28)25-11-2-3-14(22)10-12-25/h6-9,14H,1-5,10-12,22H2,(H,23,24,27). The molecule has 1 saturated heterocycles. The second-order valence-electron chi connectivity index (χ2n) is 7.45. The maximum Gasteiger partial charge on any atom is 0.315 e. The molecule has 1 fully saturated rings. The fourth-order valence-corrected chi connectivity index (χ4v) is 3.96. The van der Waals surface area contributed by atoms with Crippen molar-refractivity contribution in [3.8, 4) is 5.69 Å². The van der Waals surface area contributed by atoms with Gasteiger partial charge >= 0.3 is 11.8 Å². The summed E-state index contributed by atoms with van der Waals surface area (Å²) in [6.45, 7) is 1.04. The first-order valence-corrected chi connectivity index (χ1v) is 9.75. The molecule has 7 nitrogen and oxygen atoms in total. The highest BCUT2D eigenvalue weighted by Gasteiger charge is 2.28. The normalized spacial score (nSPS) is 19.2. The van der Waals surface area contributed by atoms with E-state index in [1.165, 1.54) is 12.1 Å². The molecule has 148 valence electrons. The van der Waals surface area contributed by atoms with Gasteiger partial charge in [-0.15, -0.1) is 5.10 Å². The summed E-state index contributed by atoms with van der Waals surface area (Å²) in [6, 6.07) is 6.14. The molecule has 0 bridgehead atoms. The average molecular weight is 385 g/mol. The van der Waals surface area contributed by atoms with Crippen LogP contribution in [0.25, 0.3) is 5.69 Å². The van der Waals surface area contributed by atoms with E-state index in [0.29, 0.717) is 25.3 Å². The van der Waals surface area contributed by atoms with E-state index in [1.54, 1.807) is 21.7 Å². The van der Waals surface area contributed by atoms with Gasteiger partial charge in [0, 0.05) is 30.4 Å². The van der Waals surface area contributed by atoms with Crippen molar-refractivity contribution in [2.75, 3.05) is 18.4 Å². The van der Waals surface area contributed by atoms with Crippen molar-refractivity contribution in [3.05, 3.63) is 41.3 Å². The largest absolute Gasteiger partial charge is 0.334 e. The first-order valence-electron chi connectivity index (χ1n) is 9.75. The number of carbonyl (C=O) groups is 2. The second kappa shape index (κ2) is 7.71. The second-order valence-corrected chi connectivity index (χ2v) is 7.45. The van der Waals surface area contributed by atoms with Crippen molar-refractivity contribution in [2.24, 2.45) is 5.73 Å². The van der Waals surface area contributed by atoms with Crippen molar-refractivity contribution in [2.45, 2.75) is 44.6 Å². The van der Waals surface area contributed by atoms with E-state index in [1.807, 2.05) is 0 Å². The van der Waals surface area contributed by atoms with E-state index in [0.717, 1.165) is 49.0 Å². The lowest BCUT2D eigenvalue weighted by molar-refractivity contribution is -0.143. The van der Waals surface area contributed by atoms with Crippen LogP contribution in [0.5, 0.6) is 0 Å². The molecule has 1 aliphatic heterocycles. The lowest BCUT2D eigenvalue weighted by Gasteiger charge is -2.19. The number of fused-ring (bicyclic) bond motifs is 1. The van der Waals surface area contributed by atoms with Crippen LogP contribution in [-0.2, 0) is 22.4 Å². The van der Waals surface area contributed by atoms with Gasteiger partial charge < -0.3 is 16.0 Å². The topological polar surface area (TPSA) is 93.2 Å².